The molecule has 0 aromatic heterocycles. The molecule has 0 spiro atoms. The second-order valence-corrected chi connectivity index (χ2v) is 9.40. The summed E-state index contributed by atoms with van der Waals surface area (Å²) in [5, 5.41) is 3.62. The summed E-state index contributed by atoms with van der Waals surface area (Å²) in [7, 11) is 2.15. The van der Waals surface area contributed by atoms with Gasteiger partial charge < -0.3 is 5.32 Å². The maximum absolute atomic E-state index is 12.1. The molecular formula is C21H33NO. The molecule has 7 atom stereocenters. The van der Waals surface area contributed by atoms with E-state index in [1.54, 1.807) is 0 Å². The van der Waals surface area contributed by atoms with Gasteiger partial charge in [-0.25, -0.2) is 0 Å². The molecular weight excluding hydrogens is 282 g/mol. The Morgan fingerprint density at radius 2 is 1.91 bits per heavy atom. The van der Waals surface area contributed by atoms with E-state index in [0.717, 1.165) is 24.2 Å². The van der Waals surface area contributed by atoms with Crippen molar-refractivity contribution in [2.45, 2.75) is 71.8 Å². The molecule has 128 valence electrons. The van der Waals surface area contributed by atoms with Gasteiger partial charge in [0.15, 0.2) is 5.78 Å². The lowest BCUT2D eigenvalue weighted by atomic mass is 9.45. The normalized spacial score (nSPS) is 52.4. The van der Waals surface area contributed by atoms with Crippen LogP contribution in [0.4, 0.5) is 0 Å². The fourth-order valence-corrected chi connectivity index (χ4v) is 7.42. The van der Waals surface area contributed by atoms with E-state index >= 15 is 0 Å². The number of rotatable bonds is 1. The van der Waals surface area contributed by atoms with E-state index in [4.69, 9.17) is 0 Å². The molecule has 3 saturated carbocycles. The van der Waals surface area contributed by atoms with Crippen molar-refractivity contribution in [1.82, 2.24) is 5.32 Å². The highest BCUT2D eigenvalue weighted by Gasteiger charge is 2.59. The van der Waals surface area contributed by atoms with Crippen LogP contribution in [0, 0.1) is 34.5 Å². The van der Waals surface area contributed by atoms with E-state index in [0.29, 0.717) is 23.2 Å². The van der Waals surface area contributed by atoms with Crippen LogP contribution in [-0.2, 0) is 4.79 Å². The molecule has 4 aliphatic rings. The highest BCUT2D eigenvalue weighted by Crippen LogP contribution is 2.66. The van der Waals surface area contributed by atoms with Gasteiger partial charge in [-0.2, -0.15) is 0 Å². The van der Waals surface area contributed by atoms with Crippen LogP contribution < -0.4 is 5.32 Å². The fraction of sp³-hybridized carbons (Fsp3) is 0.857. The lowest BCUT2D eigenvalue weighted by molar-refractivity contribution is -0.120. The average molecular weight is 316 g/mol. The molecule has 3 fully saturated rings. The van der Waals surface area contributed by atoms with Crippen LogP contribution in [-0.4, -0.2) is 18.9 Å². The van der Waals surface area contributed by atoms with Crippen molar-refractivity contribution in [2.24, 2.45) is 34.5 Å². The van der Waals surface area contributed by atoms with Crippen molar-refractivity contribution in [1.29, 1.82) is 0 Å². The fourth-order valence-electron chi connectivity index (χ4n) is 7.42. The van der Waals surface area contributed by atoms with E-state index < -0.39 is 0 Å². The highest BCUT2D eigenvalue weighted by molar-refractivity contribution is 5.92. The van der Waals surface area contributed by atoms with Crippen LogP contribution in [0.1, 0.15) is 65.7 Å². The zero-order valence-corrected chi connectivity index (χ0v) is 15.3. The first-order chi connectivity index (χ1) is 10.9. The topological polar surface area (TPSA) is 29.1 Å². The SMILES string of the molecule is CN[C@H]1CCC2C3CCC4=CC(=O)C[C@H](C)[C@]4(C)C3CC[C@@]21C. The third-order valence-electron chi connectivity index (χ3n) is 8.86. The Morgan fingerprint density at radius 3 is 2.65 bits per heavy atom. The van der Waals surface area contributed by atoms with Gasteiger partial charge in [-0.15, -0.1) is 0 Å². The minimum absolute atomic E-state index is 0.288. The molecule has 0 saturated heterocycles. The number of allylic oxidation sites excluding steroid dienone is 1. The highest BCUT2D eigenvalue weighted by atomic mass is 16.1. The first kappa shape index (κ1) is 15.9. The summed E-state index contributed by atoms with van der Waals surface area (Å²) in [6, 6.07) is 0.712. The first-order valence-corrected chi connectivity index (χ1v) is 9.82. The molecule has 4 aliphatic carbocycles. The Kier molecular flexibility index (Phi) is 3.58. The van der Waals surface area contributed by atoms with Crippen molar-refractivity contribution in [3.05, 3.63) is 11.6 Å². The maximum atomic E-state index is 12.1. The summed E-state index contributed by atoms with van der Waals surface area (Å²) in [4.78, 5) is 12.1. The van der Waals surface area contributed by atoms with Crippen molar-refractivity contribution >= 4 is 5.78 Å². The van der Waals surface area contributed by atoms with E-state index in [1.165, 1.54) is 44.1 Å². The number of fused-ring (bicyclic) bond motifs is 5. The van der Waals surface area contributed by atoms with E-state index in [-0.39, 0.29) is 5.41 Å². The second-order valence-electron chi connectivity index (χ2n) is 9.40. The molecule has 0 heterocycles. The van der Waals surface area contributed by atoms with E-state index in [2.05, 4.69) is 33.1 Å². The Bertz CT molecular complexity index is 552. The van der Waals surface area contributed by atoms with E-state index in [1.807, 2.05) is 6.08 Å². The van der Waals surface area contributed by atoms with Crippen LogP contribution in [0.2, 0.25) is 0 Å². The van der Waals surface area contributed by atoms with Crippen LogP contribution >= 0.6 is 0 Å². The van der Waals surface area contributed by atoms with Crippen molar-refractivity contribution in [3.8, 4) is 0 Å². The molecule has 0 aliphatic heterocycles. The third-order valence-corrected chi connectivity index (χ3v) is 8.86. The molecule has 3 unspecified atom stereocenters. The largest absolute Gasteiger partial charge is 0.316 e. The summed E-state index contributed by atoms with van der Waals surface area (Å²) >= 11 is 0. The molecule has 0 amide bonds. The number of hydrogen-bond acceptors (Lipinski definition) is 2. The zero-order chi connectivity index (χ0) is 16.4. The van der Waals surface area contributed by atoms with Gasteiger partial charge in [-0.05, 0) is 86.2 Å². The van der Waals surface area contributed by atoms with Gasteiger partial charge in [0.05, 0.1) is 0 Å². The quantitative estimate of drug-likeness (QED) is 0.779. The summed E-state index contributed by atoms with van der Waals surface area (Å²) < 4.78 is 0. The first-order valence-electron chi connectivity index (χ1n) is 9.82. The van der Waals surface area contributed by atoms with Crippen molar-refractivity contribution in [2.75, 3.05) is 7.05 Å². The lowest BCUT2D eigenvalue weighted by Gasteiger charge is -2.59. The second kappa shape index (κ2) is 5.18. The smallest absolute Gasteiger partial charge is 0.155 e. The molecule has 0 aromatic carbocycles. The molecule has 0 aromatic rings. The molecule has 2 heteroatoms. The van der Waals surface area contributed by atoms with Gasteiger partial charge in [-0.3, -0.25) is 4.79 Å². The van der Waals surface area contributed by atoms with Crippen LogP contribution in [0.25, 0.3) is 0 Å². The Labute approximate surface area is 141 Å². The number of nitrogens with one attached hydrogen (secondary N) is 1. The Hall–Kier alpha value is -0.630. The maximum Gasteiger partial charge on any atom is 0.155 e. The number of carbonyl (C=O) groups excluding carboxylic acids is 1. The number of carbonyl (C=O) groups is 1. The average Bonchev–Trinajstić information content (AvgIpc) is 2.85. The monoisotopic (exact) mass is 315 g/mol. The van der Waals surface area contributed by atoms with Crippen LogP contribution in [0.5, 0.6) is 0 Å². The molecule has 0 radical (unpaired) electrons. The van der Waals surface area contributed by atoms with Crippen molar-refractivity contribution < 1.29 is 4.79 Å². The number of hydrogen-bond donors (Lipinski definition) is 1. The van der Waals surface area contributed by atoms with Gasteiger partial charge in [0.25, 0.3) is 0 Å². The van der Waals surface area contributed by atoms with Gasteiger partial charge in [-0.1, -0.05) is 26.3 Å². The summed E-state index contributed by atoms with van der Waals surface area (Å²) in [5.74, 6) is 3.47. The minimum Gasteiger partial charge on any atom is -0.316 e. The molecule has 1 N–H and O–H groups in total. The Morgan fingerprint density at radius 1 is 1.13 bits per heavy atom. The van der Waals surface area contributed by atoms with Gasteiger partial charge in [0, 0.05) is 12.5 Å². The van der Waals surface area contributed by atoms with Crippen LogP contribution in [0.3, 0.4) is 0 Å². The van der Waals surface area contributed by atoms with E-state index in [9.17, 15) is 4.79 Å². The number of ketones is 1. The minimum atomic E-state index is 0.288. The van der Waals surface area contributed by atoms with Crippen LogP contribution in [0.15, 0.2) is 11.6 Å². The molecule has 4 rings (SSSR count). The predicted molar refractivity (Wildman–Crippen MR) is 94.1 cm³/mol. The van der Waals surface area contributed by atoms with Gasteiger partial charge in [0.2, 0.25) is 0 Å². The van der Waals surface area contributed by atoms with Gasteiger partial charge >= 0.3 is 0 Å². The molecule has 2 nitrogen and oxygen atoms in total. The van der Waals surface area contributed by atoms with Crippen molar-refractivity contribution in [3.63, 3.8) is 0 Å². The molecule has 23 heavy (non-hydrogen) atoms. The lowest BCUT2D eigenvalue weighted by Crippen LogP contribution is -2.54. The summed E-state index contributed by atoms with van der Waals surface area (Å²) in [5.41, 5.74) is 2.28. The summed E-state index contributed by atoms with van der Waals surface area (Å²) in [6.45, 7) is 7.40. The van der Waals surface area contributed by atoms with Gasteiger partial charge in [0.1, 0.15) is 0 Å². The third kappa shape index (κ3) is 2.00. The summed E-state index contributed by atoms with van der Waals surface area (Å²) in [6.07, 6.45) is 10.8. The Balaban J connectivity index is 1.70. The molecule has 0 bridgehead atoms. The zero-order valence-electron chi connectivity index (χ0n) is 15.3. The standard InChI is InChI=1S/C21H33NO/c1-13-11-15(23)12-14-5-6-16-17-7-8-19(22-4)20(17,2)10-9-18(16)21(13,14)3/h12-13,16-19,22H,5-11H2,1-4H3/t13-,16?,17?,18?,19-,20-,21-/m0/s1. The predicted octanol–water partition coefficient (Wildman–Crippen LogP) is 4.35.